The van der Waals surface area contributed by atoms with Crippen molar-refractivity contribution in [2.45, 2.75) is 64.8 Å². The Morgan fingerprint density at radius 1 is 1.31 bits per heavy atom. The molecular formula is C19H26N2O4S. The van der Waals surface area contributed by atoms with Gasteiger partial charge in [0, 0.05) is 19.4 Å². The fourth-order valence-electron chi connectivity index (χ4n) is 2.92. The van der Waals surface area contributed by atoms with E-state index >= 15 is 0 Å². The van der Waals surface area contributed by atoms with Crippen LogP contribution < -0.4 is 0 Å². The van der Waals surface area contributed by atoms with Crippen molar-refractivity contribution in [3.63, 3.8) is 0 Å². The predicted molar refractivity (Wildman–Crippen MR) is 99.2 cm³/mol. The van der Waals surface area contributed by atoms with Crippen LogP contribution in [0.2, 0.25) is 0 Å². The van der Waals surface area contributed by atoms with Gasteiger partial charge < -0.3 is 8.75 Å². The van der Waals surface area contributed by atoms with Crippen LogP contribution in [0.25, 0.3) is 11.0 Å². The Kier molecular flexibility index (Phi) is 4.86. The second-order valence-electron chi connectivity index (χ2n) is 8.23. The zero-order valence-corrected chi connectivity index (χ0v) is 16.6. The van der Waals surface area contributed by atoms with Gasteiger partial charge in [-0.2, -0.15) is 8.42 Å². The van der Waals surface area contributed by atoms with E-state index in [4.69, 9.17) is 4.98 Å². The van der Waals surface area contributed by atoms with E-state index in [1.165, 1.54) is 25.0 Å². The molecule has 0 atom stereocenters. The SMILES string of the molecule is CCC(=O)OS(=O)(=O)c1ccc2c(c1)nc(CC(C)(C)C)n2CC1CC1. The summed E-state index contributed by atoms with van der Waals surface area (Å²) in [5.74, 6) is 0.886. The topological polar surface area (TPSA) is 78.3 Å². The third kappa shape index (κ3) is 4.26. The molecule has 1 aliphatic rings. The van der Waals surface area contributed by atoms with Crippen molar-refractivity contribution in [3.05, 3.63) is 24.0 Å². The molecule has 2 aromatic rings. The van der Waals surface area contributed by atoms with Crippen LogP contribution in [-0.2, 0) is 32.1 Å². The quantitative estimate of drug-likeness (QED) is 0.717. The lowest BCUT2D eigenvalue weighted by Gasteiger charge is -2.18. The van der Waals surface area contributed by atoms with Gasteiger partial charge >= 0.3 is 16.1 Å². The van der Waals surface area contributed by atoms with Crippen molar-refractivity contribution >= 4 is 27.1 Å². The van der Waals surface area contributed by atoms with Crippen LogP contribution in [0.3, 0.4) is 0 Å². The molecule has 142 valence electrons. The minimum atomic E-state index is -4.11. The summed E-state index contributed by atoms with van der Waals surface area (Å²) in [5, 5.41) is 0. The van der Waals surface area contributed by atoms with Gasteiger partial charge in [-0.3, -0.25) is 4.79 Å². The van der Waals surface area contributed by atoms with Crippen molar-refractivity contribution in [3.8, 4) is 0 Å². The van der Waals surface area contributed by atoms with E-state index in [1.807, 2.05) is 0 Å². The fraction of sp³-hybridized carbons (Fsp3) is 0.579. The number of carbonyl (C=O) groups excluding carboxylic acids is 1. The zero-order chi connectivity index (χ0) is 19.1. The molecule has 0 radical (unpaired) electrons. The standard InChI is InChI=1S/C19H26N2O4S/c1-5-18(22)25-26(23,24)14-8-9-16-15(10-14)20-17(11-19(2,3)4)21(16)12-13-6-7-13/h8-10,13H,5-7,11-12H2,1-4H3. The van der Waals surface area contributed by atoms with E-state index in [1.54, 1.807) is 13.0 Å². The highest BCUT2D eigenvalue weighted by Crippen LogP contribution is 2.34. The normalized spacial score (nSPS) is 15.4. The molecule has 0 amide bonds. The Hall–Kier alpha value is -1.89. The van der Waals surface area contributed by atoms with Crippen molar-refractivity contribution < 1.29 is 17.4 Å². The Balaban J connectivity index is 2.02. The minimum Gasteiger partial charge on any atom is -0.342 e. The number of benzene rings is 1. The zero-order valence-electron chi connectivity index (χ0n) is 15.8. The van der Waals surface area contributed by atoms with E-state index in [0.29, 0.717) is 11.4 Å². The van der Waals surface area contributed by atoms with Crippen LogP contribution in [-0.4, -0.2) is 23.9 Å². The molecule has 1 aromatic carbocycles. The molecule has 6 nitrogen and oxygen atoms in total. The van der Waals surface area contributed by atoms with Crippen molar-refractivity contribution in [1.82, 2.24) is 9.55 Å². The molecule has 1 heterocycles. The summed E-state index contributed by atoms with van der Waals surface area (Å²) >= 11 is 0. The molecule has 1 saturated carbocycles. The van der Waals surface area contributed by atoms with E-state index in [0.717, 1.165) is 24.3 Å². The van der Waals surface area contributed by atoms with E-state index in [-0.39, 0.29) is 16.7 Å². The van der Waals surface area contributed by atoms with Crippen LogP contribution in [0.4, 0.5) is 0 Å². The highest BCUT2D eigenvalue weighted by atomic mass is 32.2. The second kappa shape index (κ2) is 6.68. The maximum absolute atomic E-state index is 12.3. The van der Waals surface area contributed by atoms with Crippen molar-refractivity contribution in [1.29, 1.82) is 0 Å². The van der Waals surface area contributed by atoms with Gasteiger partial charge in [-0.15, -0.1) is 0 Å². The van der Waals surface area contributed by atoms with Crippen molar-refractivity contribution in [2.24, 2.45) is 11.3 Å². The summed E-state index contributed by atoms with van der Waals surface area (Å²) < 4.78 is 31.4. The molecule has 0 unspecified atom stereocenters. The summed E-state index contributed by atoms with van der Waals surface area (Å²) in [4.78, 5) is 16.1. The third-order valence-electron chi connectivity index (χ3n) is 4.40. The predicted octanol–water partition coefficient (Wildman–Crippen LogP) is 3.68. The Morgan fingerprint density at radius 3 is 2.58 bits per heavy atom. The maximum atomic E-state index is 12.3. The monoisotopic (exact) mass is 378 g/mol. The maximum Gasteiger partial charge on any atom is 0.341 e. The van der Waals surface area contributed by atoms with Crippen molar-refractivity contribution in [2.75, 3.05) is 0 Å². The number of carbonyl (C=O) groups is 1. The molecular weight excluding hydrogens is 352 g/mol. The van der Waals surface area contributed by atoms with Gasteiger partial charge in [-0.05, 0) is 42.4 Å². The van der Waals surface area contributed by atoms with Crippen LogP contribution in [0.15, 0.2) is 23.1 Å². The molecule has 26 heavy (non-hydrogen) atoms. The third-order valence-corrected chi connectivity index (χ3v) is 5.64. The second-order valence-corrected chi connectivity index (χ2v) is 9.78. The number of imidazole rings is 1. The molecule has 1 fully saturated rings. The van der Waals surface area contributed by atoms with Gasteiger partial charge in [-0.1, -0.05) is 27.7 Å². The average molecular weight is 378 g/mol. The van der Waals surface area contributed by atoms with Gasteiger partial charge in [0.25, 0.3) is 0 Å². The van der Waals surface area contributed by atoms with Gasteiger partial charge in [0.05, 0.1) is 11.0 Å². The first kappa shape index (κ1) is 18.9. The molecule has 0 N–H and O–H groups in total. The van der Waals surface area contributed by atoms with Gasteiger partial charge in [0.1, 0.15) is 10.7 Å². The number of rotatable bonds is 6. The molecule has 3 rings (SSSR count). The van der Waals surface area contributed by atoms with Crippen LogP contribution >= 0.6 is 0 Å². The minimum absolute atomic E-state index is 0.00716. The molecule has 0 spiro atoms. The first-order valence-electron chi connectivity index (χ1n) is 9.05. The number of hydrogen-bond donors (Lipinski definition) is 0. The average Bonchev–Trinajstić information content (AvgIpc) is 3.28. The molecule has 1 aromatic heterocycles. The van der Waals surface area contributed by atoms with Gasteiger partial charge in [-0.25, -0.2) is 4.98 Å². The Bertz CT molecular complexity index is 934. The number of aromatic nitrogens is 2. The van der Waals surface area contributed by atoms with Gasteiger partial charge in [0.2, 0.25) is 0 Å². The summed E-state index contributed by atoms with van der Waals surface area (Å²) in [7, 11) is -4.11. The molecule has 0 saturated heterocycles. The number of hydrogen-bond acceptors (Lipinski definition) is 5. The largest absolute Gasteiger partial charge is 0.342 e. The molecule has 1 aliphatic carbocycles. The van der Waals surface area contributed by atoms with E-state index in [2.05, 4.69) is 29.5 Å². The fourth-order valence-corrected chi connectivity index (χ4v) is 3.87. The molecule has 0 aliphatic heterocycles. The molecule has 0 bridgehead atoms. The van der Waals surface area contributed by atoms with E-state index < -0.39 is 16.1 Å². The summed E-state index contributed by atoms with van der Waals surface area (Å²) in [6.45, 7) is 8.95. The molecule has 7 heteroatoms. The number of fused-ring (bicyclic) bond motifs is 1. The highest BCUT2D eigenvalue weighted by molar-refractivity contribution is 7.87. The summed E-state index contributed by atoms with van der Waals surface area (Å²) in [6, 6.07) is 4.76. The number of nitrogens with zero attached hydrogens (tertiary/aromatic N) is 2. The van der Waals surface area contributed by atoms with E-state index in [9.17, 15) is 13.2 Å². The Labute approximate surface area is 154 Å². The van der Waals surface area contributed by atoms with Gasteiger partial charge in [0.15, 0.2) is 0 Å². The first-order chi connectivity index (χ1) is 12.1. The smallest absolute Gasteiger partial charge is 0.341 e. The van der Waals surface area contributed by atoms with Crippen LogP contribution in [0.5, 0.6) is 0 Å². The van der Waals surface area contributed by atoms with Crippen LogP contribution in [0.1, 0.15) is 52.8 Å². The lowest BCUT2D eigenvalue weighted by Crippen LogP contribution is -2.15. The first-order valence-corrected chi connectivity index (χ1v) is 10.5. The van der Waals surface area contributed by atoms with Crippen LogP contribution in [0, 0.1) is 11.3 Å². The highest BCUT2D eigenvalue weighted by Gasteiger charge is 2.27. The lowest BCUT2D eigenvalue weighted by molar-refractivity contribution is -0.133. The Morgan fingerprint density at radius 2 is 2.00 bits per heavy atom. The summed E-state index contributed by atoms with van der Waals surface area (Å²) in [6.07, 6.45) is 3.27. The summed E-state index contributed by atoms with van der Waals surface area (Å²) in [5.41, 5.74) is 1.63. The lowest BCUT2D eigenvalue weighted by atomic mass is 9.92.